The van der Waals surface area contributed by atoms with Crippen LogP contribution in [0.1, 0.15) is 116 Å². The Morgan fingerprint density at radius 2 is 1.11 bits per heavy atom. The summed E-state index contributed by atoms with van der Waals surface area (Å²) in [7, 11) is 0. The zero-order valence-corrected chi connectivity index (χ0v) is 51.2. The molecule has 6 nitrogen and oxygen atoms in total. The smallest absolute Gasteiger partial charge is 0.135 e. The van der Waals surface area contributed by atoms with Crippen LogP contribution in [0.25, 0.3) is 77.4 Å². The third-order valence-electron chi connectivity index (χ3n) is 15.9. The molecule has 0 N–H and O–H groups in total. The second kappa shape index (κ2) is 20.6. The standard InChI is InChI=1S/C76H70N5O.Pt/c1-73(2,3)52-25-20-24-51(38-52)64-47-77-72(46-65(64)76(10,11)12)81-68-37-33-56(80-66-30-18-16-28-60(66)61-29-17-19-31-67(61)80)44-63(68)62-35-34-59(45-70(62)81)82-58-27-21-26-55(43-58)78-48-79(57-41-53(74(4,5)6)40-54(42-57)75(7,8)9)69-36-32-50(39-71(69)78)49-22-14-13-15-23-49;/h13-42,44,46-48H,1-12H3;/q-3;/i16D,17D,18D,19D,28D,29D,30D,31D;. The molecule has 0 fully saturated rings. The van der Waals surface area contributed by atoms with Gasteiger partial charge in [0.1, 0.15) is 5.82 Å². The summed E-state index contributed by atoms with van der Waals surface area (Å²) in [6.45, 7) is 28.9. The monoisotopic (exact) mass is 1270 g/mol. The van der Waals surface area contributed by atoms with Crippen LogP contribution in [0.15, 0.2) is 200 Å². The molecule has 0 radical (unpaired) electrons. The fourth-order valence-electron chi connectivity index (χ4n) is 11.3. The van der Waals surface area contributed by atoms with Gasteiger partial charge in [0.15, 0.2) is 0 Å². The van der Waals surface area contributed by atoms with Crippen molar-refractivity contribution >= 4 is 66.4 Å². The minimum Gasteiger partial charge on any atom is -0.509 e. The summed E-state index contributed by atoms with van der Waals surface area (Å²) in [5.41, 5.74) is 14.1. The maximum absolute atomic E-state index is 9.28. The molecule has 0 saturated carbocycles. The summed E-state index contributed by atoms with van der Waals surface area (Å²) in [5, 5.41) is 1.50. The van der Waals surface area contributed by atoms with Crippen molar-refractivity contribution in [3.8, 4) is 45.3 Å². The number of hydrogen-bond acceptors (Lipinski definition) is 4. The number of fused-ring (bicyclic) bond motifs is 7. The Balaban J connectivity index is 0.00000800. The third kappa shape index (κ3) is 10.1. The van der Waals surface area contributed by atoms with Crippen molar-refractivity contribution in [2.75, 3.05) is 9.80 Å². The summed E-state index contributed by atoms with van der Waals surface area (Å²) in [4.78, 5) is 9.73. The van der Waals surface area contributed by atoms with E-state index < -0.39 is 36.3 Å². The minimum atomic E-state index is -0.498. The van der Waals surface area contributed by atoms with Crippen LogP contribution in [-0.4, -0.2) is 14.1 Å². The summed E-state index contributed by atoms with van der Waals surface area (Å²) < 4.78 is 82.2. The average Bonchev–Trinajstić information content (AvgIpc) is 1.55. The van der Waals surface area contributed by atoms with Gasteiger partial charge in [-0.2, -0.15) is 12.1 Å². The van der Waals surface area contributed by atoms with Crippen LogP contribution >= 0.6 is 0 Å². The van der Waals surface area contributed by atoms with Gasteiger partial charge in [-0.1, -0.05) is 192 Å². The van der Waals surface area contributed by atoms with Gasteiger partial charge < -0.3 is 23.7 Å². The Hall–Kier alpha value is -8.18. The number of benzene rings is 9. The number of ether oxygens (including phenoxy) is 1. The molecule has 13 rings (SSSR count). The molecule has 0 spiro atoms. The molecular formula is C76H70N5OPt-3. The van der Waals surface area contributed by atoms with E-state index in [0.717, 1.165) is 66.9 Å². The van der Waals surface area contributed by atoms with E-state index in [1.807, 2.05) is 60.8 Å². The quantitative estimate of drug-likeness (QED) is 0.142. The SMILES string of the molecule is [2H]c1c([2H])c([2H])c2c(c1[2H])c1c([2H])c([2H])c([2H])c([2H])c1n2-c1ccc2c(c1)c1ccc(Oc3[c-]c(N4[CH-]N(c5cc(C(C)(C)C)cc(C(C)(C)C)c5)c5ccc(-c6ccccc6)cc54)ccc3)[c-]c1n2-c1cc(C(C)(C)C)c(-c2cccc(C(C)(C)C)c2)cn1.[Pt]. The van der Waals surface area contributed by atoms with E-state index in [1.54, 1.807) is 4.57 Å². The molecule has 83 heavy (non-hydrogen) atoms. The fraction of sp³-hybridized carbons (Fsp3) is 0.211. The zero-order chi connectivity index (χ0) is 64.0. The van der Waals surface area contributed by atoms with E-state index in [0.29, 0.717) is 28.5 Å². The van der Waals surface area contributed by atoms with Crippen molar-refractivity contribution in [2.45, 2.75) is 105 Å². The molecule has 0 unspecified atom stereocenters. The van der Waals surface area contributed by atoms with E-state index in [4.69, 9.17) is 17.9 Å². The molecule has 9 aromatic carbocycles. The van der Waals surface area contributed by atoms with Crippen molar-refractivity contribution in [1.82, 2.24) is 14.1 Å². The molecule has 418 valence electrons. The maximum atomic E-state index is 9.28. The molecule has 1 aliphatic heterocycles. The van der Waals surface area contributed by atoms with Gasteiger partial charge in [-0.3, -0.25) is 0 Å². The van der Waals surface area contributed by atoms with Gasteiger partial charge in [-0.25, -0.2) is 4.98 Å². The number of pyridine rings is 1. The average molecular weight is 1270 g/mol. The molecule has 0 saturated heterocycles. The van der Waals surface area contributed by atoms with Gasteiger partial charge in [0, 0.05) is 83.4 Å². The summed E-state index contributed by atoms with van der Waals surface area (Å²) in [5.74, 6) is 1.49. The van der Waals surface area contributed by atoms with Gasteiger partial charge in [0.25, 0.3) is 0 Å². The van der Waals surface area contributed by atoms with Crippen LogP contribution in [0, 0.1) is 18.8 Å². The Labute approximate surface area is 515 Å². The van der Waals surface area contributed by atoms with Crippen molar-refractivity contribution in [1.29, 1.82) is 0 Å². The number of anilines is 4. The molecule has 3 aromatic heterocycles. The van der Waals surface area contributed by atoms with Crippen LogP contribution in [0.2, 0.25) is 0 Å². The van der Waals surface area contributed by atoms with Crippen molar-refractivity contribution in [3.63, 3.8) is 0 Å². The maximum Gasteiger partial charge on any atom is 0.135 e. The first kappa shape index (κ1) is 46.3. The van der Waals surface area contributed by atoms with Gasteiger partial charge in [0.2, 0.25) is 0 Å². The molecule has 0 amide bonds. The molecular weight excluding hydrogens is 1190 g/mol. The van der Waals surface area contributed by atoms with E-state index in [-0.39, 0.29) is 76.6 Å². The summed E-state index contributed by atoms with van der Waals surface area (Å²) >= 11 is 0. The number of hydrogen-bond donors (Lipinski definition) is 0. The minimum absolute atomic E-state index is 0. The number of rotatable bonds is 8. The van der Waals surface area contributed by atoms with Gasteiger partial charge >= 0.3 is 0 Å². The van der Waals surface area contributed by atoms with Crippen LogP contribution in [0.4, 0.5) is 22.7 Å². The fourth-order valence-corrected chi connectivity index (χ4v) is 11.3. The van der Waals surface area contributed by atoms with Crippen LogP contribution in [0.3, 0.4) is 0 Å². The normalized spacial score (nSPS) is 14.5. The van der Waals surface area contributed by atoms with E-state index in [9.17, 15) is 2.74 Å². The Morgan fingerprint density at radius 1 is 0.458 bits per heavy atom. The van der Waals surface area contributed by atoms with Crippen LogP contribution < -0.4 is 14.5 Å². The molecule has 12 aromatic rings. The Kier molecular flexibility index (Phi) is 11.5. The third-order valence-corrected chi connectivity index (χ3v) is 15.9. The summed E-state index contributed by atoms with van der Waals surface area (Å²) in [6.07, 6.45) is 1.95. The van der Waals surface area contributed by atoms with E-state index >= 15 is 0 Å². The first-order valence-electron chi connectivity index (χ1n) is 32.1. The zero-order valence-electron chi connectivity index (χ0n) is 57.0. The number of para-hydroxylation sites is 2. The predicted octanol–water partition coefficient (Wildman–Crippen LogP) is 20.6. The first-order chi connectivity index (χ1) is 42.5. The Morgan fingerprint density at radius 3 is 1.78 bits per heavy atom. The second-order valence-corrected chi connectivity index (χ2v) is 25.8. The topological polar surface area (TPSA) is 38.5 Å². The predicted molar refractivity (Wildman–Crippen MR) is 344 cm³/mol. The molecule has 0 aliphatic carbocycles. The molecule has 0 bridgehead atoms. The molecule has 4 heterocycles. The van der Waals surface area contributed by atoms with Gasteiger partial charge in [0.05, 0.1) is 22.0 Å². The molecule has 0 atom stereocenters. The van der Waals surface area contributed by atoms with Crippen molar-refractivity contribution in [2.24, 2.45) is 0 Å². The number of aromatic nitrogens is 3. The van der Waals surface area contributed by atoms with Crippen molar-refractivity contribution < 1.29 is 36.8 Å². The van der Waals surface area contributed by atoms with Crippen molar-refractivity contribution in [3.05, 3.63) is 241 Å². The Bertz CT molecular complexity index is 4840. The van der Waals surface area contributed by atoms with Gasteiger partial charge in [-0.05, 0) is 127 Å². The largest absolute Gasteiger partial charge is 0.509 e. The number of nitrogens with zero attached hydrogens (tertiary/aromatic N) is 5. The van der Waals surface area contributed by atoms with E-state index in [2.05, 4.69) is 207 Å². The molecule has 7 heteroatoms. The van der Waals surface area contributed by atoms with E-state index in [1.165, 1.54) is 16.7 Å². The molecule has 1 aliphatic rings. The van der Waals surface area contributed by atoms with Crippen LogP contribution in [0.5, 0.6) is 11.5 Å². The summed E-state index contributed by atoms with van der Waals surface area (Å²) in [6, 6.07) is 54.0. The van der Waals surface area contributed by atoms with Crippen LogP contribution in [-0.2, 0) is 42.7 Å². The van der Waals surface area contributed by atoms with Gasteiger partial charge in [-0.15, -0.1) is 48.1 Å². The first-order valence-corrected chi connectivity index (χ1v) is 28.1. The second-order valence-electron chi connectivity index (χ2n) is 25.8.